The van der Waals surface area contributed by atoms with Crippen LogP contribution in [0.4, 0.5) is 8.78 Å². The predicted molar refractivity (Wildman–Crippen MR) is 118 cm³/mol. The van der Waals surface area contributed by atoms with Gasteiger partial charge in [0.2, 0.25) is 10.0 Å². The van der Waals surface area contributed by atoms with Crippen molar-refractivity contribution in [3.8, 4) is 0 Å². The average molecular weight is 483 g/mol. The SMILES string of the molecule is O=C(c1ccc(S(=O)(=O)N2CCOCC2)cc1)N1CCSC(c2cc(F)ccc2F)CC1. The molecule has 1 atom stereocenters. The molecular formula is C22H24F2N2O4S2. The molecule has 32 heavy (non-hydrogen) atoms. The van der Waals surface area contributed by atoms with Gasteiger partial charge in [-0.25, -0.2) is 17.2 Å². The topological polar surface area (TPSA) is 66.9 Å². The van der Waals surface area contributed by atoms with Crippen LogP contribution in [-0.2, 0) is 14.8 Å². The minimum absolute atomic E-state index is 0.143. The quantitative estimate of drug-likeness (QED) is 0.669. The molecule has 0 aromatic heterocycles. The van der Waals surface area contributed by atoms with Gasteiger partial charge in [0, 0.05) is 48.3 Å². The average Bonchev–Trinajstić information content (AvgIpc) is 3.07. The van der Waals surface area contributed by atoms with E-state index in [9.17, 15) is 22.0 Å². The van der Waals surface area contributed by atoms with Crippen LogP contribution in [0.2, 0.25) is 0 Å². The lowest BCUT2D eigenvalue weighted by atomic mass is 10.1. The zero-order chi connectivity index (χ0) is 22.7. The van der Waals surface area contributed by atoms with Crippen LogP contribution >= 0.6 is 11.8 Å². The number of sulfonamides is 1. The molecule has 1 amide bonds. The van der Waals surface area contributed by atoms with Gasteiger partial charge >= 0.3 is 0 Å². The maximum atomic E-state index is 14.2. The number of carbonyl (C=O) groups excluding carboxylic acids is 1. The lowest BCUT2D eigenvalue weighted by Gasteiger charge is -2.26. The zero-order valence-corrected chi connectivity index (χ0v) is 19.0. The molecule has 0 aliphatic carbocycles. The van der Waals surface area contributed by atoms with Gasteiger partial charge in [0.1, 0.15) is 11.6 Å². The van der Waals surface area contributed by atoms with Gasteiger partial charge in [-0.2, -0.15) is 16.1 Å². The number of hydrogen-bond acceptors (Lipinski definition) is 5. The van der Waals surface area contributed by atoms with Gasteiger partial charge in [-0.3, -0.25) is 4.79 Å². The Labute approximate surface area is 190 Å². The van der Waals surface area contributed by atoms with Crippen LogP contribution in [0.1, 0.15) is 27.6 Å². The van der Waals surface area contributed by atoms with Crippen LogP contribution in [0, 0.1) is 11.6 Å². The Hall–Kier alpha value is -2.01. The summed E-state index contributed by atoms with van der Waals surface area (Å²) in [5, 5.41) is -0.232. The Kier molecular flexibility index (Phi) is 7.14. The number of ether oxygens (including phenoxy) is 1. The smallest absolute Gasteiger partial charge is 0.253 e. The first-order valence-electron chi connectivity index (χ1n) is 10.4. The van der Waals surface area contributed by atoms with Crippen LogP contribution in [-0.4, -0.2) is 68.7 Å². The van der Waals surface area contributed by atoms with Crippen LogP contribution in [0.5, 0.6) is 0 Å². The highest BCUT2D eigenvalue weighted by atomic mass is 32.2. The molecule has 0 N–H and O–H groups in total. The van der Waals surface area contributed by atoms with Gasteiger partial charge in [-0.05, 0) is 48.9 Å². The summed E-state index contributed by atoms with van der Waals surface area (Å²) < 4.78 is 59.8. The molecule has 2 aliphatic heterocycles. The van der Waals surface area contributed by atoms with E-state index in [0.29, 0.717) is 62.7 Å². The third kappa shape index (κ3) is 4.98. The number of hydrogen-bond donors (Lipinski definition) is 0. The molecule has 4 rings (SSSR count). The lowest BCUT2D eigenvalue weighted by Crippen LogP contribution is -2.40. The molecule has 2 heterocycles. The first-order valence-corrected chi connectivity index (χ1v) is 12.9. The Morgan fingerprint density at radius 1 is 1.00 bits per heavy atom. The van der Waals surface area contributed by atoms with Crippen LogP contribution in [0.3, 0.4) is 0 Å². The molecule has 0 radical (unpaired) electrons. The van der Waals surface area contributed by atoms with Gasteiger partial charge < -0.3 is 9.64 Å². The number of carbonyl (C=O) groups is 1. The molecule has 0 saturated carbocycles. The number of halogens is 2. The van der Waals surface area contributed by atoms with E-state index in [1.807, 2.05) is 0 Å². The normalized spacial score (nSPS) is 20.7. The van der Waals surface area contributed by atoms with Crippen molar-refractivity contribution in [2.75, 3.05) is 45.1 Å². The second kappa shape index (κ2) is 9.86. The molecule has 2 aromatic rings. The number of rotatable bonds is 4. The van der Waals surface area contributed by atoms with E-state index in [1.165, 1.54) is 46.4 Å². The van der Waals surface area contributed by atoms with Crippen molar-refractivity contribution in [1.29, 1.82) is 0 Å². The second-order valence-corrected chi connectivity index (χ2v) is 10.9. The Balaban J connectivity index is 1.43. The van der Waals surface area contributed by atoms with Gasteiger partial charge in [0.15, 0.2) is 0 Å². The maximum absolute atomic E-state index is 14.2. The molecular weight excluding hydrogens is 458 g/mol. The van der Waals surface area contributed by atoms with E-state index in [2.05, 4.69) is 0 Å². The first-order chi connectivity index (χ1) is 15.4. The predicted octanol–water partition coefficient (Wildman–Crippen LogP) is 3.31. The van der Waals surface area contributed by atoms with Crippen molar-refractivity contribution < 1.29 is 26.7 Å². The minimum Gasteiger partial charge on any atom is -0.379 e. The standard InChI is InChI=1S/C22H24F2N2O4S2/c23-17-3-6-20(24)19(15-17)21-7-8-25(11-14-31-21)22(27)16-1-4-18(5-2-16)32(28,29)26-9-12-30-13-10-26/h1-6,15,21H,7-14H2. The number of amides is 1. The summed E-state index contributed by atoms with van der Waals surface area (Å²) in [6.45, 7) is 2.22. The monoisotopic (exact) mass is 482 g/mol. The summed E-state index contributed by atoms with van der Waals surface area (Å²) in [7, 11) is -3.62. The summed E-state index contributed by atoms with van der Waals surface area (Å²) >= 11 is 1.50. The molecule has 6 nitrogen and oxygen atoms in total. The van der Waals surface area contributed by atoms with Gasteiger partial charge in [0.05, 0.1) is 18.1 Å². The fraction of sp³-hybridized carbons (Fsp3) is 0.409. The molecule has 0 spiro atoms. The molecule has 1 unspecified atom stereocenters. The van der Waals surface area contributed by atoms with E-state index in [-0.39, 0.29) is 16.1 Å². The summed E-state index contributed by atoms with van der Waals surface area (Å²) in [6, 6.07) is 9.41. The van der Waals surface area contributed by atoms with Gasteiger partial charge in [0.25, 0.3) is 5.91 Å². The van der Waals surface area contributed by atoms with Crippen LogP contribution in [0.15, 0.2) is 47.4 Å². The molecule has 2 aromatic carbocycles. The van der Waals surface area contributed by atoms with E-state index in [0.717, 1.165) is 12.1 Å². The van der Waals surface area contributed by atoms with Crippen molar-refractivity contribution in [2.24, 2.45) is 0 Å². The molecule has 2 fully saturated rings. The molecule has 172 valence electrons. The van der Waals surface area contributed by atoms with Crippen molar-refractivity contribution in [3.63, 3.8) is 0 Å². The largest absolute Gasteiger partial charge is 0.379 e. The van der Waals surface area contributed by atoms with E-state index >= 15 is 0 Å². The first kappa shape index (κ1) is 23.2. The highest BCUT2D eigenvalue weighted by molar-refractivity contribution is 7.99. The third-order valence-electron chi connectivity index (χ3n) is 5.64. The molecule has 0 bridgehead atoms. The van der Waals surface area contributed by atoms with Crippen molar-refractivity contribution in [1.82, 2.24) is 9.21 Å². The summed E-state index contributed by atoms with van der Waals surface area (Å²) in [6.07, 6.45) is 0.500. The number of thioether (sulfide) groups is 1. The summed E-state index contributed by atoms with van der Waals surface area (Å²) in [5.41, 5.74) is 0.716. The molecule has 10 heteroatoms. The minimum atomic E-state index is -3.62. The van der Waals surface area contributed by atoms with Gasteiger partial charge in [-0.1, -0.05) is 0 Å². The van der Waals surface area contributed by atoms with E-state index < -0.39 is 21.7 Å². The summed E-state index contributed by atoms with van der Waals surface area (Å²) in [4.78, 5) is 14.8. The van der Waals surface area contributed by atoms with Crippen LogP contribution < -0.4 is 0 Å². The van der Waals surface area contributed by atoms with E-state index in [4.69, 9.17) is 4.74 Å². The Bertz CT molecular complexity index is 1070. The van der Waals surface area contributed by atoms with Crippen LogP contribution in [0.25, 0.3) is 0 Å². The summed E-state index contributed by atoms with van der Waals surface area (Å²) in [5.74, 6) is -0.538. The fourth-order valence-electron chi connectivity index (χ4n) is 3.87. The molecule has 2 aliphatic rings. The van der Waals surface area contributed by atoms with Gasteiger partial charge in [-0.15, -0.1) is 0 Å². The number of morpholine rings is 1. The van der Waals surface area contributed by atoms with Crippen molar-refractivity contribution in [3.05, 3.63) is 65.2 Å². The second-order valence-electron chi connectivity index (χ2n) is 7.65. The number of nitrogens with zero attached hydrogens (tertiary/aromatic N) is 2. The third-order valence-corrected chi connectivity index (χ3v) is 8.87. The van der Waals surface area contributed by atoms with Crippen molar-refractivity contribution >= 4 is 27.7 Å². The Morgan fingerprint density at radius 3 is 2.44 bits per heavy atom. The zero-order valence-electron chi connectivity index (χ0n) is 17.4. The van der Waals surface area contributed by atoms with Crippen molar-refractivity contribution in [2.45, 2.75) is 16.6 Å². The van der Waals surface area contributed by atoms with E-state index in [1.54, 1.807) is 4.90 Å². The molecule has 2 saturated heterocycles. The maximum Gasteiger partial charge on any atom is 0.253 e. The Morgan fingerprint density at radius 2 is 1.72 bits per heavy atom. The highest BCUT2D eigenvalue weighted by Gasteiger charge is 2.28. The highest BCUT2D eigenvalue weighted by Crippen LogP contribution is 2.36. The lowest BCUT2D eigenvalue weighted by molar-refractivity contribution is 0.0730. The number of benzene rings is 2. The fourth-order valence-corrected chi connectivity index (χ4v) is 6.52.